The third-order valence-electron chi connectivity index (χ3n) is 4.90. The Morgan fingerprint density at radius 2 is 2.03 bits per heavy atom. The van der Waals surface area contributed by atoms with Crippen molar-refractivity contribution in [1.82, 2.24) is 5.32 Å². The van der Waals surface area contributed by atoms with Crippen molar-refractivity contribution in [3.8, 4) is 11.8 Å². The zero-order valence-electron chi connectivity index (χ0n) is 19.4. The van der Waals surface area contributed by atoms with Gasteiger partial charge >= 0.3 is 6.09 Å². The van der Waals surface area contributed by atoms with E-state index in [2.05, 4.69) is 22.9 Å². The van der Waals surface area contributed by atoms with E-state index >= 15 is 0 Å². The second kappa shape index (κ2) is 12.1. The third kappa shape index (κ3) is 7.96. The fraction of sp³-hybridized carbons (Fsp3) is 0.360. The maximum Gasteiger partial charge on any atom is 0.408 e. The minimum absolute atomic E-state index is 0.231. The Balaban J connectivity index is 2.17. The van der Waals surface area contributed by atoms with Gasteiger partial charge in [0.25, 0.3) is 0 Å². The molecule has 0 fully saturated rings. The van der Waals surface area contributed by atoms with E-state index in [4.69, 9.17) is 26.9 Å². The smallest absolute Gasteiger partial charge is 0.408 e. The van der Waals surface area contributed by atoms with Gasteiger partial charge in [0.15, 0.2) is 5.75 Å². The number of carbonyl (C=O) groups excluding carboxylic acids is 1. The molecule has 182 valence electrons. The van der Waals surface area contributed by atoms with Crippen LogP contribution in [0.1, 0.15) is 44.7 Å². The molecule has 0 heterocycles. The van der Waals surface area contributed by atoms with Crippen LogP contribution in [-0.4, -0.2) is 34.2 Å². The molecule has 1 amide bonds. The molecule has 0 saturated heterocycles. The van der Waals surface area contributed by atoms with Crippen molar-refractivity contribution in [1.29, 1.82) is 5.26 Å². The maximum absolute atomic E-state index is 12.3. The van der Waals surface area contributed by atoms with E-state index in [0.717, 1.165) is 10.5 Å². The Labute approximate surface area is 209 Å². The van der Waals surface area contributed by atoms with Gasteiger partial charge in [0, 0.05) is 9.92 Å². The van der Waals surface area contributed by atoms with Gasteiger partial charge in [0.2, 0.25) is 0 Å². The van der Waals surface area contributed by atoms with E-state index < -0.39 is 17.2 Å². The van der Waals surface area contributed by atoms with Gasteiger partial charge in [-0.05, 0) is 75.9 Å². The molecule has 0 aliphatic carbocycles. The highest BCUT2D eigenvalue weighted by molar-refractivity contribution is 7.99. The van der Waals surface area contributed by atoms with E-state index in [9.17, 15) is 9.90 Å². The molecule has 3 N–H and O–H groups in total. The lowest BCUT2D eigenvalue weighted by Gasteiger charge is -2.33. The maximum atomic E-state index is 12.3. The molecule has 0 bridgehead atoms. The summed E-state index contributed by atoms with van der Waals surface area (Å²) in [4.78, 5) is 18.1. The standard InChI is InChI=1S/C25H29ClN2O5S/c1-5-11-25(16-29,28-23(30)32-24(2,3)4)12-10-18-7-8-19(14-20(18)26)34-22-13-17(15-27)6-9-21(22)33-31/h5-9,13-14,29,31H,1,10-12,16H2,2-4H3,(H,28,30)/t25-/m0/s1. The molecule has 0 aromatic heterocycles. The summed E-state index contributed by atoms with van der Waals surface area (Å²) >= 11 is 7.82. The third-order valence-corrected chi connectivity index (χ3v) is 6.28. The number of hydrogen-bond donors (Lipinski definition) is 3. The van der Waals surface area contributed by atoms with Crippen molar-refractivity contribution in [2.45, 2.75) is 61.0 Å². The highest BCUT2D eigenvalue weighted by atomic mass is 35.5. The molecule has 0 radical (unpaired) electrons. The van der Waals surface area contributed by atoms with Gasteiger partial charge in [0.1, 0.15) is 5.60 Å². The van der Waals surface area contributed by atoms with Crippen molar-refractivity contribution in [3.05, 3.63) is 65.2 Å². The number of nitrogens with one attached hydrogen (secondary N) is 1. The summed E-state index contributed by atoms with van der Waals surface area (Å²) in [6.45, 7) is 8.77. The van der Waals surface area contributed by atoms with Gasteiger partial charge in [-0.15, -0.1) is 6.58 Å². The van der Waals surface area contributed by atoms with Crippen LogP contribution in [0.2, 0.25) is 5.02 Å². The first kappa shape index (κ1) is 27.5. The molecule has 7 nitrogen and oxygen atoms in total. The predicted octanol–water partition coefficient (Wildman–Crippen LogP) is 5.98. The number of nitrogens with zero attached hydrogens (tertiary/aromatic N) is 1. The lowest BCUT2D eigenvalue weighted by atomic mass is 9.88. The Bertz CT molecular complexity index is 1060. The van der Waals surface area contributed by atoms with Gasteiger partial charge in [-0.25, -0.2) is 10.1 Å². The summed E-state index contributed by atoms with van der Waals surface area (Å²) in [6, 6.07) is 12.2. The number of aliphatic hydroxyl groups is 1. The average molecular weight is 505 g/mol. The number of carbonyl (C=O) groups is 1. The van der Waals surface area contributed by atoms with Gasteiger partial charge in [-0.1, -0.05) is 35.5 Å². The average Bonchev–Trinajstić information content (AvgIpc) is 2.77. The van der Waals surface area contributed by atoms with Crippen LogP contribution < -0.4 is 10.2 Å². The largest absolute Gasteiger partial charge is 0.444 e. The topological polar surface area (TPSA) is 112 Å². The van der Waals surface area contributed by atoms with Crippen LogP contribution in [0, 0.1) is 11.3 Å². The zero-order chi connectivity index (χ0) is 25.4. The van der Waals surface area contributed by atoms with Crippen LogP contribution in [0.15, 0.2) is 58.8 Å². The fourth-order valence-electron chi connectivity index (χ4n) is 3.22. The van der Waals surface area contributed by atoms with E-state index in [1.165, 1.54) is 17.8 Å². The van der Waals surface area contributed by atoms with Crippen LogP contribution >= 0.6 is 23.4 Å². The summed E-state index contributed by atoms with van der Waals surface area (Å²) in [5.74, 6) is 0.231. The molecule has 0 aliphatic heterocycles. The second-order valence-corrected chi connectivity index (χ2v) is 10.3. The first-order chi connectivity index (χ1) is 16.0. The Hall–Kier alpha value is -2.70. The molecule has 0 saturated carbocycles. The van der Waals surface area contributed by atoms with E-state index in [-0.39, 0.29) is 12.4 Å². The van der Waals surface area contributed by atoms with Gasteiger partial charge in [0.05, 0.1) is 28.7 Å². The predicted molar refractivity (Wildman–Crippen MR) is 132 cm³/mol. The van der Waals surface area contributed by atoms with Crippen LogP contribution in [0.4, 0.5) is 4.79 Å². The molecule has 2 aromatic rings. The lowest BCUT2D eigenvalue weighted by molar-refractivity contribution is -0.140. The molecule has 2 rings (SSSR count). The molecule has 2 aromatic carbocycles. The fourth-order valence-corrected chi connectivity index (χ4v) is 4.52. The number of aliphatic hydroxyl groups excluding tert-OH is 1. The monoisotopic (exact) mass is 504 g/mol. The molecule has 1 atom stereocenters. The number of rotatable bonds is 10. The number of nitriles is 1. The van der Waals surface area contributed by atoms with Crippen LogP contribution in [0.5, 0.6) is 5.75 Å². The molecular weight excluding hydrogens is 476 g/mol. The highest BCUT2D eigenvalue weighted by Crippen LogP contribution is 2.37. The first-order valence-corrected chi connectivity index (χ1v) is 11.8. The number of hydrogen-bond acceptors (Lipinski definition) is 7. The summed E-state index contributed by atoms with van der Waals surface area (Å²) in [6.07, 6.45) is 2.29. The SMILES string of the molecule is C=CC[C@@](CO)(CCc1ccc(Sc2cc(C#N)ccc2OO)cc1Cl)NC(=O)OC(C)(C)C. The van der Waals surface area contributed by atoms with Crippen LogP contribution in [0.3, 0.4) is 0 Å². The second-order valence-electron chi connectivity index (χ2n) is 8.78. The van der Waals surface area contributed by atoms with Gasteiger partial charge in [-0.3, -0.25) is 0 Å². The van der Waals surface area contributed by atoms with E-state index in [0.29, 0.717) is 34.7 Å². The number of alkyl carbamates (subject to hydrolysis) is 1. The number of amides is 1. The molecule has 34 heavy (non-hydrogen) atoms. The van der Waals surface area contributed by atoms with Gasteiger partial charge in [-0.2, -0.15) is 5.26 Å². The molecule has 0 spiro atoms. The number of aryl methyl sites for hydroxylation is 1. The normalized spacial score (nSPS) is 12.9. The van der Waals surface area contributed by atoms with Crippen molar-refractivity contribution >= 4 is 29.5 Å². The van der Waals surface area contributed by atoms with Crippen molar-refractivity contribution in [2.24, 2.45) is 0 Å². The first-order valence-electron chi connectivity index (χ1n) is 10.6. The molecule has 0 unspecified atom stereocenters. The number of ether oxygens (including phenoxy) is 1. The van der Waals surface area contributed by atoms with Crippen molar-refractivity contribution < 1.29 is 24.8 Å². The summed E-state index contributed by atoms with van der Waals surface area (Å²) in [5.41, 5.74) is -0.329. The molecule has 0 aliphatic rings. The molecular formula is C25H29ClN2O5S. The highest BCUT2D eigenvalue weighted by Gasteiger charge is 2.32. The van der Waals surface area contributed by atoms with Crippen molar-refractivity contribution in [2.75, 3.05) is 6.61 Å². The Kier molecular flexibility index (Phi) is 9.83. The number of benzene rings is 2. The quantitative estimate of drug-likeness (QED) is 0.207. The summed E-state index contributed by atoms with van der Waals surface area (Å²) < 4.78 is 5.35. The number of halogens is 1. The minimum atomic E-state index is -0.939. The van der Waals surface area contributed by atoms with E-state index in [1.54, 1.807) is 45.0 Å². The Morgan fingerprint density at radius 3 is 2.59 bits per heavy atom. The minimum Gasteiger partial charge on any atom is -0.444 e. The van der Waals surface area contributed by atoms with E-state index in [1.807, 2.05) is 12.1 Å². The van der Waals surface area contributed by atoms with Crippen LogP contribution in [-0.2, 0) is 11.2 Å². The van der Waals surface area contributed by atoms with Crippen LogP contribution in [0.25, 0.3) is 0 Å². The van der Waals surface area contributed by atoms with Gasteiger partial charge < -0.3 is 20.0 Å². The summed E-state index contributed by atoms with van der Waals surface area (Å²) in [7, 11) is 0. The Morgan fingerprint density at radius 1 is 1.29 bits per heavy atom. The molecule has 9 heteroatoms. The zero-order valence-corrected chi connectivity index (χ0v) is 21.0. The van der Waals surface area contributed by atoms with Crippen molar-refractivity contribution in [3.63, 3.8) is 0 Å². The lowest BCUT2D eigenvalue weighted by Crippen LogP contribution is -2.52. The summed E-state index contributed by atoms with van der Waals surface area (Å²) in [5, 5.41) is 31.6.